The van der Waals surface area contributed by atoms with Crippen molar-refractivity contribution in [2.75, 3.05) is 7.11 Å². The first kappa shape index (κ1) is 6.07. The Bertz CT molecular complexity index is 185. The van der Waals surface area contributed by atoms with Gasteiger partial charge in [-0.25, -0.2) is 0 Å². The predicted molar refractivity (Wildman–Crippen MR) is 30.4 cm³/mol. The van der Waals surface area contributed by atoms with Gasteiger partial charge in [0.2, 0.25) is 0 Å². The van der Waals surface area contributed by atoms with Crippen LogP contribution in [0.4, 0.5) is 4.39 Å². The van der Waals surface area contributed by atoms with Crippen molar-refractivity contribution in [1.82, 2.24) is 5.43 Å². The van der Waals surface area contributed by atoms with E-state index in [0.717, 1.165) is 0 Å². The fourth-order valence-electron chi connectivity index (χ4n) is 0.591. The van der Waals surface area contributed by atoms with Crippen LogP contribution in [-0.4, -0.2) is 13.1 Å². The van der Waals surface area contributed by atoms with E-state index < -0.39 is 5.97 Å². The lowest BCUT2D eigenvalue weighted by atomic mass is 10.4. The molecule has 0 amide bonds. The van der Waals surface area contributed by atoms with Crippen molar-refractivity contribution in [2.24, 2.45) is 5.10 Å². The fourth-order valence-corrected chi connectivity index (χ4v) is 0.591. The molecular weight excluding hydrogens is 123 g/mol. The zero-order chi connectivity index (χ0) is 6.85. The molecule has 1 rings (SSSR count). The molecule has 0 unspecified atom stereocenters. The second-order valence-corrected chi connectivity index (χ2v) is 1.61. The van der Waals surface area contributed by atoms with Crippen LogP contribution in [0.3, 0.4) is 0 Å². The van der Waals surface area contributed by atoms with Gasteiger partial charge in [0.1, 0.15) is 5.70 Å². The average Bonchev–Trinajstić information content (AvgIpc) is 2.12. The highest BCUT2D eigenvalue weighted by Crippen LogP contribution is 2.12. The summed E-state index contributed by atoms with van der Waals surface area (Å²) in [5, 5.41) is 3.15. The lowest BCUT2D eigenvalue weighted by Crippen LogP contribution is -1.95. The maximum atomic E-state index is 12.3. The van der Waals surface area contributed by atoms with Crippen molar-refractivity contribution in [1.29, 1.82) is 0 Å². The van der Waals surface area contributed by atoms with Gasteiger partial charge < -0.3 is 4.74 Å². The largest absolute Gasteiger partial charge is 0.490 e. The average molecular weight is 129 g/mol. The summed E-state index contributed by atoms with van der Waals surface area (Å²) in [6.45, 7) is 1.63. The molecule has 0 atom stereocenters. The number of methoxy groups -OCH3 is 1. The molecular formula is C5H6FN2O. The van der Waals surface area contributed by atoms with E-state index in [0.29, 0.717) is 5.70 Å². The highest BCUT2D eigenvalue weighted by atomic mass is 19.1. The molecule has 0 N–H and O–H groups in total. The molecule has 3 nitrogen and oxygen atoms in total. The molecule has 1 radical (unpaired) electrons. The lowest BCUT2D eigenvalue weighted by Gasteiger charge is -1.95. The number of rotatable bonds is 1. The van der Waals surface area contributed by atoms with Crippen LogP contribution in [0.5, 0.6) is 0 Å². The summed E-state index contributed by atoms with van der Waals surface area (Å²) >= 11 is 0. The van der Waals surface area contributed by atoms with Crippen LogP contribution in [0.1, 0.15) is 6.92 Å². The summed E-state index contributed by atoms with van der Waals surface area (Å²) in [4.78, 5) is 0. The molecule has 4 heteroatoms. The molecule has 9 heavy (non-hydrogen) atoms. The highest BCUT2D eigenvalue weighted by molar-refractivity contribution is 5.92. The number of allylic oxidation sites excluding steroid dienone is 2. The third kappa shape index (κ3) is 0.872. The van der Waals surface area contributed by atoms with Gasteiger partial charge in [-0.3, -0.25) is 0 Å². The van der Waals surface area contributed by atoms with E-state index in [1.807, 2.05) is 0 Å². The van der Waals surface area contributed by atoms with E-state index in [1.54, 1.807) is 6.92 Å². The van der Waals surface area contributed by atoms with E-state index >= 15 is 0 Å². The fraction of sp³-hybridized carbons (Fsp3) is 0.400. The van der Waals surface area contributed by atoms with Crippen LogP contribution >= 0.6 is 0 Å². The Labute approximate surface area is 52.2 Å². The van der Waals surface area contributed by atoms with E-state index in [9.17, 15) is 4.39 Å². The Balaban J connectivity index is 2.83. The molecule has 0 aromatic carbocycles. The Kier molecular flexibility index (Phi) is 1.38. The minimum Gasteiger partial charge on any atom is -0.490 e. The smallest absolute Gasteiger partial charge is 0.276 e. The first-order chi connectivity index (χ1) is 4.25. The SMILES string of the molecule is COC1=C(C)[N]N=C1F. The van der Waals surface area contributed by atoms with Crippen LogP contribution in [0.15, 0.2) is 16.6 Å². The molecule has 0 saturated carbocycles. The first-order valence-electron chi connectivity index (χ1n) is 2.45. The third-order valence-corrected chi connectivity index (χ3v) is 1.01. The monoisotopic (exact) mass is 129 g/mol. The predicted octanol–water partition coefficient (Wildman–Crippen LogP) is 0.765. The summed E-state index contributed by atoms with van der Waals surface area (Å²) < 4.78 is 16.9. The summed E-state index contributed by atoms with van der Waals surface area (Å²) in [7, 11) is 1.38. The minimum atomic E-state index is -0.644. The van der Waals surface area contributed by atoms with E-state index in [-0.39, 0.29) is 5.76 Å². The van der Waals surface area contributed by atoms with E-state index in [2.05, 4.69) is 15.3 Å². The maximum absolute atomic E-state index is 12.3. The summed E-state index contributed by atoms with van der Waals surface area (Å²) in [5.41, 5.74) is 3.92. The molecule has 1 heterocycles. The highest BCUT2D eigenvalue weighted by Gasteiger charge is 2.17. The van der Waals surface area contributed by atoms with Gasteiger partial charge >= 0.3 is 0 Å². The van der Waals surface area contributed by atoms with Crippen LogP contribution in [-0.2, 0) is 4.74 Å². The lowest BCUT2D eigenvalue weighted by molar-refractivity contribution is 0.305. The van der Waals surface area contributed by atoms with Crippen LogP contribution < -0.4 is 5.43 Å². The van der Waals surface area contributed by atoms with Crippen molar-refractivity contribution in [2.45, 2.75) is 6.92 Å². The van der Waals surface area contributed by atoms with Crippen LogP contribution in [0, 0.1) is 0 Å². The topological polar surface area (TPSA) is 35.7 Å². The van der Waals surface area contributed by atoms with E-state index in [1.165, 1.54) is 7.11 Å². The van der Waals surface area contributed by atoms with Crippen molar-refractivity contribution >= 4 is 5.97 Å². The second-order valence-electron chi connectivity index (χ2n) is 1.61. The van der Waals surface area contributed by atoms with E-state index in [4.69, 9.17) is 0 Å². The minimum absolute atomic E-state index is 0.134. The zero-order valence-corrected chi connectivity index (χ0v) is 5.18. The van der Waals surface area contributed by atoms with Crippen molar-refractivity contribution < 1.29 is 9.13 Å². The molecule has 0 aromatic heterocycles. The van der Waals surface area contributed by atoms with Gasteiger partial charge in [0.25, 0.3) is 5.97 Å². The first-order valence-corrected chi connectivity index (χ1v) is 2.45. The number of nitrogens with zero attached hydrogens (tertiary/aromatic N) is 2. The molecule has 0 aliphatic carbocycles. The van der Waals surface area contributed by atoms with Gasteiger partial charge in [0.05, 0.1) is 7.11 Å². The number of hydrogen-bond acceptors (Lipinski definition) is 2. The Morgan fingerprint density at radius 2 is 2.22 bits per heavy atom. The van der Waals surface area contributed by atoms with Gasteiger partial charge in [-0.1, -0.05) is 0 Å². The van der Waals surface area contributed by atoms with Crippen LogP contribution in [0.2, 0.25) is 0 Å². The Morgan fingerprint density at radius 1 is 1.56 bits per heavy atom. The third-order valence-electron chi connectivity index (χ3n) is 1.01. The van der Waals surface area contributed by atoms with Crippen LogP contribution in [0.25, 0.3) is 0 Å². The normalized spacial score (nSPS) is 17.4. The van der Waals surface area contributed by atoms with Gasteiger partial charge in [0.15, 0.2) is 5.76 Å². The summed E-state index contributed by atoms with van der Waals surface area (Å²) in [6, 6.07) is 0. The Morgan fingerprint density at radius 3 is 2.44 bits per heavy atom. The van der Waals surface area contributed by atoms with Crippen molar-refractivity contribution in [3.05, 3.63) is 11.5 Å². The quantitative estimate of drug-likeness (QED) is 0.515. The number of ether oxygens (including phenoxy) is 1. The van der Waals surface area contributed by atoms with Gasteiger partial charge in [0, 0.05) is 0 Å². The molecule has 49 valence electrons. The van der Waals surface area contributed by atoms with Gasteiger partial charge in [-0.15, -0.1) is 10.5 Å². The molecule has 1 aliphatic heterocycles. The molecule has 0 bridgehead atoms. The standard InChI is InChI=1S/C5H6FN2O/c1-3-4(9-2)5(6)8-7-3/h1-2H3. The molecule has 0 saturated heterocycles. The number of halogens is 1. The van der Waals surface area contributed by atoms with Gasteiger partial charge in [-0.05, 0) is 6.92 Å². The Hall–Kier alpha value is -1.06. The summed E-state index contributed by atoms with van der Waals surface area (Å²) in [6.07, 6.45) is 0. The molecule has 0 aromatic rings. The van der Waals surface area contributed by atoms with Gasteiger partial charge in [-0.2, -0.15) is 4.39 Å². The zero-order valence-electron chi connectivity index (χ0n) is 5.18. The second kappa shape index (κ2) is 2.05. The molecule has 1 aliphatic rings. The summed E-state index contributed by atoms with van der Waals surface area (Å²) in [5.74, 6) is -0.509. The number of hydrogen-bond donors (Lipinski definition) is 0. The molecule has 0 fully saturated rings. The molecule has 0 spiro atoms. The van der Waals surface area contributed by atoms with Crippen molar-refractivity contribution in [3.63, 3.8) is 0 Å². The van der Waals surface area contributed by atoms with Crippen molar-refractivity contribution in [3.8, 4) is 0 Å². The maximum Gasteiger partial charge on any atom is 0.276 e.